The number of amides is 2. The first-order valence-corrected chi connectivity index (χ1v) is 11.0. The molecule has 160 valence electrons. The fourth-order valence-electron chi connectivity index (χ4n) is 5.95. The summed E-state index contributed by atoms with van der Waals surface area (Å²) in [5, 5.41) is 0. The Morgan fingerprint density at radius 3 is 2.09 bits per heavy atom. The lowest BCUT2D eigenvalue weighted by molar-refractivity contribution is -0.124. The number of esters is 1. The van der Waals surface area contributed by atoms with E-state index in [4.69, 9.17) is 4.74 Å². The summed E-state index contributed by atoms with van der Waals surface area (Å²) in [4.78, 5) is 53.1. The second kappa shape index (κ2) is 6.99. The summed E-state index contributed by atoms with van der Waals surface area (Å²) in [6, 6.07) is 15.0. The molecule has 0 unspecified atom stereocenters. The predicted molar refractivity (Wildman–Crippen MR) is 115 cm³/mol. The summed E-state index contributed by atoms with van der Waals surface area (Å²) in [6.45, 7) is -0.415. The van der Waals surface area contributed by atoms with Gasteiger partial charge in [-0.2, -0.15) is 0 Å². The van der Waals surface area contributed by atoms with Crippen molar-refractivity contribution in [2.24, 2.45) is 35.5 Å². The number of para-hydroxylation sites is 1. The van der Waals surface area contributed by atoms with Crippen LogP contribution in [0.3, 0.4) is 0 Å². The van der Waals surface area contributed by atoms with Crippen LogP contribution in [0.2, 0.25) is 0 Å². The Kier molecular flexibility index (Phi) is 4.18. The predicted octanol–water partition coefficient (Wildman–Crippen LogP) is 3.28. The molecule has 32 heavy (non-hydrogen) atoms. The smallest absolute Gasteiger partial charge is 0.340 e. The first-order chi connectivity index (χ1) is 15.6. The number of anilines is 1. The van der Waals surface area contributed by atoms with Crippen molar-refractivity contribution in [2.45, 2.75) is 6.42 Å². The fourth-order valence-corrected chi connectivity index (χ4v) is 5.95. The number of rotatable bonds is 5. The van der Waals surface area contributed by atoms with Crippen molar-refractivity contribution >= 4 is 29.3 Å². The molecule has 6 heteroatoms. The van der Waals surface area contributed by atoms with Crippen molar-refractivity contribution in [2.75, 3.05) is 11.5 Å². The van der Waals surface area contributed by atoms with Gasteiger partial charge in [-0.25, -0.2) is 9.69 Å². The lowest BCUT2D eigenvalue weighted by Gasteiger charge is -2.37. The number of carbonyl (C=O) groups is 4. The third kappa shape index (κ3) is 2.72. The Balaban J connectivity index is 1.25. The lowest BCUT2D eigenvalue weighted by Crippen LogP contribution is -2.40. The second-order valence-electron chi connectivity index (χ2n) is 9.05. The Morgan fingerprint density at radius 1 is 0.844 bits per heavy atom. The van der Waals surface area contributed by atoms with E-state index in [1.807, 2.05) is 0 Å². The van der Waals surface area contributed by atoms with Gasteiger partial charge >= 0.3 is 5.97 Å². The van der Waals surface area contributed by atoms with E-state index in [1.165, 1.54) is 11.0 Å². The summed E-state index contributed by atoms with van der Waals surface area (Å²) < 4.78 is 5.26. The van der Waals surface area contributed by atoms with Gasteiger partial charge in [-0.3, -0.25) is 14.4 Å². The van der Waals surface area contributed by atoms with E-state index in [1.54, 1.807) is 48.5 Å². The number of Topliss-reactive ketones (excluding diaryl/α,β-unsaturated/α-hetero) is 1. The van der Waals surface area contributed by atoms with E-state index in [9.17, 15) is 19.2 Å². The molecule has 0 radical (unpaired) electrons. The second-order valence-corrected chi connectivity index (χ2v) is 9.05. The van der Waals surface area contributed by atoms with Gasteiger partial charge in [0.15, 0.2) is 12.4 Å². The molecular weight excluding hydrogens is 406 g/mol. The molecule has 2 aromatic rings. The minimum Gasteiger partial charge on any atom is -0.454 e. The van der Waals surface area contributed by atoms with E-state index >= 15 is 0 Å². The number of imide groups is 1. The van der Waals surface area contributed by atoms with Crippen LogP contribution in [0, 0.1) is 35.5 Å². The first kappa shape index (κ1) is 19.2. The Bertz CT molecular complexity index is 1150. The number of benzene rings is 2. The van der Waals surface area contributed by atoms with Crippen LogP contribution in [-0.2, 0) is 14.3 Å². The first-order valence-electron chi connectivity index (χ1n) is 11.0. The maximum absolute atomic E-state index is 13.4. The molecular formula is C26H21NO5. The summed E-state index contributed by atoms with van der Waals surface area (Å²) in [6.07, 6.45) is 5.32. The molecule has 6 atom stereocenters. The average molecular weight is 427 g/mol. The van der Waals surface area contributed by atoms with Gasteiger partial charge in [-0.15, -0.1) is 0 Å². The lowest BCUT2D eigenvalue weighted by atomic mass is 9.63. The van der Waals surface area contributed by atoms with Crippen molar-refractivity contribution in [1.29, 1.82) is 0 Å². The maximum Gasteiger partial charge on any atom is 0.340 e. The zero-order valence-electron chi connectivity index (χ0n) is 17.2. The molecule has 1 aliphatic heterocycles. The van der Waals surface area contributed by atoms with Crippen LogP contribution in [0.5, 0.6) is 0 Å². The normalized spacial score (nSPS) is 31.3. The monoisotopic (exact) mass is 427 g/mol. The molecule has 4 aliphatic carbocycles. The average Bonchev–Trinajstić information content (AvgIpc) is 3.61. The van der Waals surface area contributed by atoms with Gasteiger partial charge in [0.1, 0.15) is 0 Å². The third-order valence-electron chi connectivity index (χ3n) is 7.46. The van der Waals surface area contributed by atoms with Crippen LogP contribution < -0.4 is 4.90 Å². The maximum atomic E-state index is 13.4. The van der Waals surface area contributed by atoms with Gasteiger partial charge in [-0.05, 0) is 42.2 Å². The minimum absolute atomic E-state index is 0.110. The van der Waals surface area contributed by atoms with Gasteiger partial charge < -0.3 is 4.74 Å². The number of ketones is 1. The molecule has 0 spiro atoms. The molecule has 5 aliphatic rings. The molecule has 2 aromatic carbocycles. The van der Waals surface area contributed by atoms with Crippen LogP contribution in [0.25, 0.3) is 0 Å². The van der Waals surface area contributed by atoms with Crippen molar-refractivity contribution < 1.29 is 23.9 Å². The molecule has 6 nitrogen and oxygen atoms in total. The van der Waals surface area contributed by atoms with E-state index in [0.717, 1.165) is 6.42 Å². The van der Waals surface area contributed by atoms with Gasteiger partial charge in [-0.1, -0.05) is 54.6 Å². The molecule has 7 rings (SSSR count). The van der Waals surface area contributed by atoms with Crippen LogP contribution >= 0.6 is 0 Å². The van der Waals surface area contributed by atoms with Gasteiger partial charge in [0.25, 0.3) is 0 Å². The van der Waals surface area contributed by atoms with E-state index in [-0.39, 0.29) is 52.5 Å². The Hall–Kier alpha value is -3.54. The highest BCUT2D eigenvalue weighted by Crippen LogP contribution is 2.65. The molecule has 1 heterocycles. The van der Waals surface area contributed by atoms with Crippen molar-refractivity contribution in [1.82, 2.24) is 0 Å². The Morgan fingerprint density at radius 2 is 1.44 bits per heavy atom. The quantitative estimate of drug-likeness (QED) is 0.317. The summed E-state index contributed by atoms with van der Waals surface area (Å²) in [5.74, 6) is -0.968. The highest BCUT2D eigenvalue weighted by molar-refractivity contribution is 6.24. The number of hydrogen-bond acceptors (Lipinski definition) is 5. The largest absolute Gasteiger partial charge is 0.454 e. The number of allylic oxidation sites excluding steroid dienone is 2. The molecule has 2 saturated carbocycles. The molecule has 1 saturated heterocycles. The number of nitrogens with zero attached hydrogens (tertiary/aromatic N) is 1. The van der Waals surface area contributed by atoms with E-state index in [0.29, 0.717) is 17.4 Å². The number of carbonyl (C=O) groups excluding carboxylic acids is 4. The summed E-state index contributed by atoms with van der Waals surface area (Å²) >= 11 is 0. The van der Waals surface area contributed by atoms with Crippen LogP contribution in [0.15, 0.2) is 66.7 Å². The highest BCUT2D eigenvalue weighted by atomic mass is 16.5. The zero-order chi connectivity index (χ0) is 22.0. The highest BCUT2D eigenvalue weighted by Gasteiger charge is 2.67. The molecule has 2 amide bonds. The number of ether oxygens (including phenoxy) is 1. The number of hydrogen-bond donors (Lipinski definition) is 0. The SMILES string of the molecule is O=C(COC(=O)c1ccccc1N1C(=O)[C@@H]2[C@H]3C=C[C@@H]([C@@H]4C[C@H]34)[C@@H]2C1=O)c1ccccc1. The standard InChI is InChI=1S/C26H21NO5/c28-21(14-6-2-1-3-7-14)13-32-26(31)17-8-4-5-9-20(17)27-24(29)22-15-10-11-16(19-12-18(15)19)23(22)25(27)30/h1-11,15-16,18-19,22-23H,12-13H2/t15-,16-,18-,19+,22-,23+/m0/s1. The van der Waals surface area contributed by atoms with Crippen LogP contribution in [0.1, 0.15) is 27.1 Å². The van der Waals surface area contributed by atoms with Gasteiger partial charge in [0.2, 0.25) is 11.8 Å². The summed E-state index contributed by atoms with van der Waals surface area (Å²) in [5.41, 5.74) is 0.797. The van der Waals surface area contributed by atoms with Crippen molar-refractivity contribution in [3.8, 4) is 0 Å². The Labute approximate surface area is 184 Å². The molecule has 2 bridgehead atoms. The van der Waals surface area contributed by atoms with Crippen molar-refractivity contribution in [3.05, 3.63) is 77.9 Å². The fraction of sp³-hybridized carbons (Fsp3) is 0.308. The van der Waals surface area contributed by atoms with Crippen LogP contribution in [0.4, 0.5) is 5.69 Å². The zero-order valence-corrected chi connectivity index (χ0v) is 17.2. The van der Waals surface area contributed by atoms with E-state index in [2.05, 4.69) is 12.2 Å². The van der Waals surface area contributed by atoms with Crippen molar-refractivity contribution in [3.63, 3.8) is 0 Å². The molecule has 3 fully saturated rings. The molecule has 0 aromatic heterocycles. The third-order valence-corrected chi connectivity index (χ3v) is 7.46. The topological polar surface area (TPSA) is 80.8 Å². The van der Waals surface area contributed by atoms with E-state index < -0.39 is 12.6 Å². The van der Waals surface area contributed by atoms with Gasteiger partial charge in [0, 0.05) is 5.56 Å². The van der Waals surface area contributed by atoms with Gasteiger partial charge in [0.05, 0.1) is 23.1 Å². The summed E-state index contributed by atoms with van der Waals surface area (Å²) in [7, 11) is 0. The van der Waals surface area contributed by atoms with Crippen LogP contribution in [-0.4, -0.2) is 30.2 Å². The minimum atomic E-state index is -0.732. The molecule has 0 N–H and O–H groups in total.